The molecule has 0 unspecified atom stereocenters. The summed E-state index contributed by atoms with van der Waals surface area (Å²) in [6.45, 7) is 7.55. The number of anilines is 1. The van der Waals surface area contributed by atoms with E-state index in [4.69, 9.17) is 28.6 Å². The van der Waals surface area contributed by atoms with Crippen molar-refractivity contribution in [3.63, 3.8) is 0 Å². The molecule has 5 heteroatoms. The molecule has 0 bridgehead atoms. The number of rotatable bonds is 5. The van der Waals surface area contributed by atoms with Crippen LogP contribution in [0.3, 0.4) is 0 Å². The topological polar surface area (TPSA) is 21.3 Å². The largest absolute Gasteiger partial charge is 0.468 e. The molecule has 1 aromatic rings. The van der Waals surface area contributed by atoms with E-state index in [0.717, 1.165) is 21.4 Å². The zero-order valence-corrected chi connectivity index (χ0v) is 12.8. The van der Waals surface area contributed by atoms with Gasteiger partial charge < -0.3 is 10.1 Å². The minimum Gasteiger partial charge on any atom is -0.468 e. The van der Waals surface area contributed by atoms with Crippen LogP contribution in [0.25, 0.3) is 0 Å². The van der Waals surface area contributed by atoms with Crippen molar-refractivity contribution in [1.82, 2.24) is 0 Å². The number of benzene rings is 1. The third-order valence-electron chi connectivity index (χ3n) is 1.88. The Morgan fingerprint density at radius 3 is 2.94 bits per heavy atom. The molecule has 0 aliphatic carbocycles. The number of thioether (sulfide) groups is 1. The molecule has 0 spiro atoms. The second-order valence-electron chi connectivity index (χ2n) is 3.82. The molecule has 0 fully saturated rings. The summed E-state index contributed by atoms with van der Waals surface area (Å²) in [6, 6.07) is 5.66. The van der Waals surface area contributed by atoms with Gasteiger partial charge in [0.25, 0.3) is 5.17 Å². The van der Waals surface area contributed by atoms with Gasteiger partial charge in [0.15, 0.2) is 0 Å². The van der Waals surface area contributed by atoms with Gasteiger partial charge in [0.1, 0.15) is 0 Å². The standard InChI is InChI=1S/C13H16ClNOS2/c1-4-7-18-12-8-10(5-6-11(12)14)15-13(17)16-9(2)3/h4-6,8-9H,1,7H2,2-3H3,(H,15,17). The fraction of sp³-hybridized carbons (Fsp3) is 0.308. The van der Waals surface area contributed by atoms with E-state index in [0.29, 0.717) is 5.17 Å². The van der Waals surface area contributed by atoms with Crippen LogP contribution >= 0.6 is 35.6 Å². The lowest BCUT2D eigenvalue weighted by Gasteiger charge is -2.13. The first-order chi connectivity index (χ1) is 8.52. The second-order valence-corrected chi connectivity index (χ2v) is 5.66. The van der Waals surface area contributed by atoms with E-state index in [1.807, 2.05) is 38.1 Å². The van der Waals surface area contributed by atoms with Gasteiger partial charge in [0.05, 0.1) is 11.1 Å². The molecular formula is C13H16ClNOS2. The second kappa shape index (κ2) is 7.67. The van der Waals surface area contributed by atoms with Crippen molar-refractivity contribution in [3.8, 4) is 0 Å². The van der Waals surface area contributed by atoms with Crippen LogP contribution in [-0.2, 0) is 4.74 Å². The highest BCUT2D eigenvalue weighted by Gasteiger charge is 2.05. The molecule has 0 amide bonds. The van der Waals surface area contributed by atoms with Gasteiger partial charge in [0.2, 0.25) is 0 Å². The van der Waals surface area contributed by atoms with E-state index in [-0.39, 0.29) is 6.10 Å². The van der Waals surface area contributed by atoms with E-state index in [1.165, 1.54) is 0 Å². The third kappa shape index (κ3) is 5.29. The molecular weight excluding hydrogens is 286 g/mol. The first-order valence-corrected chi connectivity index (χ1v) is 7.31. The van der Waals surface area contributed by atoms with E-state index in [1.54, 1.807) is 11.8 Å². The zero-order valence-electron chi connectivity index (χ0n) is 10.4. The molecule has 0 aromatic heterocycles. The molecule has 0 saturated carbocycles. The summed E-state index contributed by atoms with van der Waals surface area (Å²) >= 11 is 12.8. The average molecular weight is 302 g/mol. The first kappa shape index (κ1) is 15.3. The smallest absolute Gasteiger partial charge is 0.261 e. The normalized spacial score (nSPS) is 10.2. The molecule has 0 heterocycles. The van der Waals surface area contributed by atoms with Crippen LogP contribution in [0.2, 0.25) is 5.02 Å². The van der Waals surface area contributed by atoms with Crippen LogP contribution in [0.15, 0.2) is 35.7 Å². The minimum atomic E-state index is 0.0620. The summed E-state index contributed by atoms with van der Waals surface area (Å²) in [4.78, 5) is 0.994. The van der Waals surface area contributed by atoms with Gasteiger partial charge in [-0.25, -0.2) is 0 Å². The lowest BCUT2D eigenvalue weighted by Crippen LogP contribution is -2.17. The number of hydrogen-bond donors (Lipinski definition) is 1. The number of nitrogens with one attached hydrogen (secondary N) is 1. The summed E-state index contributed by atoms with van der Waals surface area (Å²) in [6.07, 6.45) is 1.90. The summed E-state index contributed by atoms with van der Waals surface area (Å²) < 4.78 is 5.37. The molecule has 1 aromatic carbocycles. The van der Waals surface area contributed by atoms with Gasteiger partial charge in [-0.05, 0) is 44.3 Å². The maximum atomic E-state index is 6.11. The quantitative estimate of drug-likeness (QED) is 0.481. The first-order valence-electron chi connectivity index (χ1n) is 5.53. The number of ether oxygens (including phenoxy) is 1. The van der Waals surface area contributed by atoms with Crippen LogP contribution in [0.1, 0.15) is 13.8 Å². The molecule has 1 rings (SSSR count). The Morgan fingerprint density at radius 1 is 1.61 bits per heavy atom. The van der Waals surface area contributed by atoms with E-state index >= 15 is 0 Å². The number of thiocarbonyl (C=S) groups is 1. The number of hydrogen-bond acceptors (Lipinski definition) is 3. The maximum absolute atomic E-state index is 6.11. The van der Waals surface area contributed by atoms with Gasteiger partial charge in [0, 0.05) is 16.3 Å². The molecule has 0 saturated heterocycles. The summed E-state index contributed by atoms with van der Waals surface area (Å²) in [5, 5.41) is 4.12. The van der Waals surface area contributed by atoms with Gasteiger partial charge in [-0.15, -0.1) is 18.3 Å². The van der Waals surface area contributed by atoms with Crippen LogP contribution < -0.4 is 5.32 Å². The molecule has 0 atom stereocenters. The molecule has 98 valence electrons. The molecule has 18 heavy (non-hydrogen) atoms. The Bertz CT molecular complexity index is 435. The van der Waals surface area contributed by atoms with Crippen molar-refractivity contribution in [2.75, 3.05) is 11.1 Å². The molecule has 0 radical (unpaired) electrons. The highest BCUT2D eigenvalue weighted by Crippen LogP contribution is 2.30. The summed E-state index contributed by atoms with van der Waals surface area (Å²) in [7, 11) is 0. The van der Waals surface area contributed by atoms with E-state index in [2.05, 4.69) is 11.9 Å². The van der Waals surface area contributed by atoms with Crippen molar-refractivity contribution in [2.45, 2.75) is 24.8 Å². The van der Waals surface area contributed by atoms with Crippen LogP contribution in [0.4, 0.5) is 5.69 Å². The Labute approximate surface area is 123 Å². The molecule has 1 N–H and O–H groups in total. The molecule has 2 nitrogen and oxygen atoms in total. The Morgan fingerprint density at radius 2 is 2.33 bits per heavy atom. The van der Waals surface area contributed by atoms with Gasteiger partial charge in [-0.3, -0.25) is 0 Å². The predicted octanol–water partition coefficient (Wildman–Crippen LogP) is 4.74. The van der Waals surface area contributed by atoms with Crippen molar-refractivity contribution >= 4 is 46.4 Å². The highest BCUT2D eigenvalue weighted by molar-refractivity contribution is 7.99. The fourth-order valence-electron chi connectivity index (χ4n) is 1.20. The van der Waals surface area contributed by atoms with E-state index in [9.17, 15) is 0 Å². The number of halogens is 1. The van der Waals surface area contributed by atoms with Crippen LogP contribution in [-0.4, -0.2) is 17.0 Å². The highest BCUT2D eigenvalue weighted by atomic mass is 35.5. The Hall–Kier alpha value is -0.710. The van der Waals surface area contributed by atoms with Crippen molar-refractivity contribution in [3.05, 3.63) is 35.9 Å². The van der Waals surface area contributed by atoms with Crippen molar-refractivity contribution in [1.29, 1.82) is 0 Å². The van der Waals surface area contributed by atoms with Crippen molar-refractivity contribution < 1.29 is 4.74 Å². The lowest BCUT2D eigenvalue weighted by molar-refractivity contribution is 0.235. The minimum absolute atomic E-state index is 0.0620. The maximum Gasteiger partial charge on any atom is 0.261 e. The monoisotopic (exact) mass is 301 g/mol. The van der Waals surface area contributed by atoms with Crippen LogP contribution in [0.5, 0.6) is 0 Å². The average Bonchev–Trinajstić information content (AvgIpc) is 2.28. The fourth-order valence-corrected chi connectivity index (χ4v) is 2.51. The zero-order chi connectivity index (χ0) is 13.5. The molecule has 0 aliphatic heterocycles. The van der Waals surface area contributed by atoms with E-state index < -0.39 is 0 Å². The summed E-state index contributed by atoms with van der Waals surface area (Å²) in [5.41, 5.74) is 0.872. The lowest BCUT2D eigenvalue weighted by atomic mass is 10.3. The Balaban J connectivity index is 2.72. The summed E-state index contributed by atoms with van der Waals surface area (Å²) in [5.74, 6) is 0.816. The van der Waals surface area contributed by atoms with Gasteiger partial charge in [-0.2, -0.15) is 0 Å². The molecule has 0 aliphatic rings. The van der Waals surface area contributed by atoms with Crippen molar-refractivity contribution in [2.24, 2.45) is 0 Å². The predicted molar refractivity (Wildman–Crippen MR) is 84.8 cm³/mol. The van der Waals surface area contributed by atoms with Crippen LogP contribution in [0, 0.1) is 0 Å². The third-order valence-corrected chi connectivity index (χ3v) is 3.57. The van der Waals surface area contributed by atoms with Gasteiger partial charge in [-0.1, -0.05) is 17.7 Å². The SMILES string of the molecule is C=CCSc1cc(NC(=S)OC(C)C)ccc1Cl. The Kier molecular flexibility index (Phi) is 6.54. The van der Waals surface area contributed by atoms with Gasteiger partial charge >= 0.3 is 0 Å².